The maximum absolute atomic E-state index is 5.58. The Kier molecular flexibility index (Phi) is 13.3. The summed E-state index contributed by atoms with van der Waals surface area (Å²) in [5.74, 6) is 0. The third kappa shape index (κ3) is 12.1. The summed E-state index contributed by atoms with van der Waals surface area (Å²) in [6.07, 6.45) is 15.6. The lowest BCUT2D eigenvalue weighted by Crippen LogP contribution is -2.32. The van der Waals surface area contributed by atoms with Gasteiger partial charge in [-0.25, -0.2) is 0 Å². The number of unbranched alkanes of at least 4 members (excludes halogenated alkanes) is 8. The SMILES string of the molecule is CCCCCCCCCCCNCCNCC1CCCO1. The molecule has 3 heteroatoms. The van der Waals surface area contributed by atoms with E-state index in [9.17, 15) is 0 Å². The van der Waals surface area contributed by atoms with Crippen LogP contribution in [-0.2, 0) is 4.74 Å². The van der Waals surface area contributed by atoms with Crippen LogP contribution >= 0.6 is 0 Å². The zero-order chi connectivity index (χ0) is 15.0. The van der Waals surface area contributed by atoms with Crippen molar-refractivity contribution in [2.75, 3.05) is 32.8 Å². The molecule has 2 N–H and O–H groups in total. The Morgan fingerprint density at radius 2 is 1.48 bits per heavy atom. The average molecular weight is 299 g/mol. The van der Waals surface area contributed by atoms with Crippen LogP contribution in [0.2, 0.25) is 0 Å². The van der Waals surface area contributed by atoms with Crippen LogP contribution in [0.1, 0.15) is 77.6 Å². The summed E-state index contributed by atoms with van der Waals surface area (Å²) >= 11 is 0. The first-order chi connectivity index (χ1) is 10.4. The number of nitrogens with one attached hydrogen (secondary N) is 2. The van der Waals surface area contributed by atoms with Crippen molar-refractivity contribution in [2.24, 2.45) is 0 Å². The smallest absolute Gasteiger partial charge is 0.0700 e. The Bertz CT molecular complexity index is 205. The van der Waals surface area contributed by atoms with E-state index < -0.39 is 0 Å². The topological polar surface area (TPSA) is 33.3 Å². The molecule has 0 aliphatic carbocycles. The molecule has 0 aromatic rings. The van der Waals surface area contributed by atoms with E-state index in [-0.39, 0.29) is 0 Å². The molecule has 1 heterocycles. The molecular formula is C18H38N2O. The molecule has 0 amide bonds. The summed E-state index contributed by atoms with van der Waals surface area (Å²) in [5, 5.41) is 7.00. The summed E-state index contributed by atoms with van der Waals surface area (Å²) in [5.41, 5.74) is 0. The molecule has 21 heavy (non-hydrogen) atoms. The molecule has 1 fully saturated rings. The van der Waals surface area contributed by atoms with Crippen LogP contribution in [0.25, 0.3) is 0 Å². The molecule has 1 aliphatic rings. The van der Waals surface area contributed by atoms with Gasteiger partial charge in [-0.2, -0.15) is 0 Å². The summed E-state index contributed by atoms with van der Waals surface area (Å²) in [6, 6.07) is 0. The van der Waals surface area contributed by atoms with Gasteiger partial charge in [-0.1, -0.05) is 58.3 Å². The quantitative estimate of drug-likeness (QED) is 0.450. The Morgan fingerprint density at radius 1 is 0.810 bits per heavy atom. The third-order valence-electron chi connectivity index (χ3n) is 4.33. The van der Waals surface area contributed by atoms with Crippen molar-refractivity contribution in [1.29, 1.82) is 0 Å². The first-order valence-corrected chi connectivity index (χ1v) is 9.46. The van der Waals surface area contributed by atoms with Crippen molar-refractivity contribution in [2.45, 2.75) is 83.7 Å². The highest BCUT2D eigenvalue weighted by Crippen LogP contribution is 2.10. The molecule has 0 radical (unpaired) electrons. The normalized spacial score (nSPS) is 18.4. The van der Waals surface area contributed by atoms with Gasteiger partial charge in [0, 0.05) is 26.2 Å². The molecule has 1 atom stereocenters. The summed E-state index contributed by atoms with van der Waals surface area (Å²) in [4.78, 5) is 0. The minimum absolute atomic E-state index is 0.474. The molecule has 0 saturated carbocycles. The van der Waals surface area contributed by atoms with E-state index in [4.69, 9.17) is 4.74 Å². The molecule has 0 bridgehead atoms. The van der Waals surface area contributed by atoms with Crippen molar-refractivity contribution in [3.8, 4) is 0 Å². The number of hydrogen-bond donors (Lipinski definition) is 2. The van der Waals surface area contributed by atoms with Crippen LogP contribution in [0.3, 0.4) is 0 Å². The van der Waals surface area contributed by atoms with E-state index in [2.05, 4.69) is 17.6 Å². The van der Waals surface area contributed by atoms with Crippen LogP contribution < -0.4 is 10.6 Å². The van der Waals surface area contributed by atoms with Crippen LogP contribution in [0.5, 0.6) is 0 Å². The van der Waals surface area contributed by atoms with Crippen LogP contribution in [0.4, 0.5) is 0 Å². The molecule has 1 aliphatic heterocycles. The first-order valence-electron chi connectivity index (χ1n) is 9.46. The van der Waals surface area contributed by atoms with E-state index in [0.29, 0.717) is 6.10 Å². The van der Waals surface area contributed by atoms with Gasteiger partial charge in [0.15, 0.2) is 0 Å². The van der Waals surface area contributed by atoms with Crippen molar-refractivity contribution >= 4 is 0 Å². The van der Waals surface area contributed by atoms with Gasteiger partial charge < -0.3 is 15.4 Å². The van der Waals surface area contributed by atoms with Crippen molar-refractivity contribution < 1.29 is 4.74 Å². The molecule has 3 nitrogen and oxygen atoms in total. The van der Waals surface area contributed by atoms with Crippen LogP contribution in [-0.4, -0.2) is 38.9 Å². The second-order valence-electron chi connectivity index (χ2n) is 6.42. The molecule has 0 aromatic carbocycles. The van der Waals surface area contributed by atoms with Gasteiger partial charge >= 0.3 is 0 Å². The van der Waals surface area contributed by atoms with Crippen molar-refractivity contribution in [3.05, 3.63) is 0 Å². The van der Waals surface area contributed by atoms with Crippen molar-refractivity contribution in [1.82, 2.24) is 10.6 Å². The summed E-state index contributed by atoms with van der Waals surface area (Å²) in [7, 11) is 0. The fraction of sp³-hybridized carbons (Fsp3) is 1.00. The fourth-order valence-electron chi connectivity index (χ4n) is 2.93. The van der Waals surface area contributed by atoms with E-state index in [1.54, 1.807) is 0 Å². The Balaban J connectivity index is 1.65. The van der Waals surface area contributed by atoms with E-state index in [1.807, 2.05) is 0 Å². The largest absolute Gasteiger partial charge is 0.377 e. The second kappa shape index (κ2) is 14.8. The standard InChI is InChI=1S/C18H38N2O/c1-2-3-4-5-6-7-8-9-10-13-19-14-15-20-17-18-12-11-16-21-18/h18-20H,2-17H2,1H3. The number of ether oxygens (including phenoxy) is 1. The lowest BCUT2D eigenvalue weighted by atomic mass is 10.1. The van der Waals surface area contributed by atoms with Gasteiger partial charge in [-0.05, 0) is 25.8 Å². The zero-order valence-electron chi connectivity index (χ0n) is 14.3. The van der Waals surface area contributed by atoms with Gasteiger partial charge in [0.1, 0.15) is 0 Å². The van der Waals surface area contributed by atoms with Gasteiger partial charge in [-0.15, -0.1) is 0 Å². The van der Waals surface area contributed by atoms with Gasteiger partial charge in [-0.3, -0.25) is 0 Å². The maximum Gasteiger partial charge on any atom is 0.0700 e. The van der Waals surface area contributed by atoms with E-state index in [1.165, 1.54) is 77.2 Å². The minimum atomic E-state index is 0.474. The predicted octanol–water partition coefficient (Wildman–Crippen LogP) is 3.88. The molecule has 1 saturated heterocycles. The van der Waals surface area contributed by atoms with Gasteiger partial charge in [0.2, 0.25) is 0 Å². The molecule has 0 spiro atoms. The monoisotopic (exact) mass is 298 g/mol. The van der Waals surface area contributed by atoms with Gasteiger partial charge in [0.25, 0.3) is 0 Å². The maximum atomic E-state index is 5.58. The highest BCUT2D eigenvalue weighted by Gasteiger charge is 2.13. The van der Waals surface area contributed by atoms with Crippen molar-refractivity contribution in [3.63, 3.8) is 0 Å². The molecule has 1 unspecified atom stereocenters. The molecule has 1 rings (SSSR count). The number of hydrogen-bond acceptors (Lipinski definition) is 3. The van der Waals surface area contributed by atoms with E-state index >= 15 is 0 Å². The first kappa shape index (κ1) is 18.9. The Hall–Kier alpha value is -0.120. The molecule has 126 valence electrons. The second-order valence-corrected chi connectivity index (χ2v) is 6.42. The zero-order valence-corrected chi connectivity index (χ0v) is 14.3. The lowest BCUT2D eigenvalue weighted by molar-refractivity contribution is 0.110. The van der Waals surface area contributed by atoms with Crippen LogP contribution in [0, 0.1) is 0 Å². The summed E-state index contributed by atoms with van der Waals surface area (Å²) < 4.78 is 5.58. The highest BCUT2D eigenvalue weighted by atomic mass is 16.5. The third-order valence-corrected chi connectivity index (χ3v) is 4.33. The lowest BCUT2D eigenvalue weighted by Gasteiger charge is -2.11. The fourth-order valence-corrected chi connectivity index (χ4v) is 2.93. The number of rotatable bonds is 15. The summed E-state index contributed by atoms with van der Waals surface area (Å²) in [6.45, 7) is 7.60. The Labute approximate surface area is 132 Å². The molecular weight excluding hydrogens is 260 g/mol. The highest BCUT2D eigenvalue weighted by molar-refractivity contribution is 4.67. The minimum Gasteiger partial charge on any atom is -0.377 e. The predicted molar refractivity (Wildman–Crippen MR) is 91.9 cm³/mol. The molecule has 0 aromatic heterocycles. The van der Waals surface area contributed by atoms with Gasteiger partial charge in [0.05, 0.1) is 6.10 Å². The average Bonchev–Trinajstić information content (AvgIpc) is 3.01. The van der Waals surface area contributed by atoms with Crippen LogP contribution in [0.15, 0.2) is 0 Å². The van der Waals surface area contributed by atoms with E-state index in [0.717, 1.165) is 26.2 Å². The Morgan fingerprint density at radius 3 is 2.14 bits per heavy atom.